The third-order valence-electron chi connectivity index (χ3n) is 4.86. The van der Waals surface area contributed by atoms with Gasteiger partial charge in [0, 0.05) is 11.8 Å². The van der Waals surface area contributed by atoms with Crippen LogP contribution in [-0.4, -0.2) is 15.7 Å². The van der Waals surface area contributed by atoms with Crippen LogP contribution in [0.5, 0.6) is 0 Å². The maximum absolute atomic E-state index is 13.1. The van der Waals surface area contributed by atoms with Gasteiger partial charge in [0.25, 0.3) is 5.91 Å². The van der Waals surface area contributed by atoms with E-state index in [1.54, 1.807) is 11.6 Å². The zero-order chi connectivity index (χ0) is 20.9. The van der Waals surface area contributed by atoms with E-state index in [2.05, 4.69) is 10.4 Å². The molecule has 148 valence electrons. The van der Waals surface area contributed by atoms with Crippen LogP contribution in [0.4, 0.5) is 0 Å². The number of carbonyl (C=O) groups excluding carboxylic acids is 1. The lowest BCUT2D eigenvalue weighted by Gasteiger charge is -2.20. The maximum atomic E-state index is 13.1. The Kier molecular flexibility index (Phi) is 5.52. The fraction of sp³-hybridized carbons (Fsp3) is 0.0800. The van der Waals surface area contributed by atoms with E-state index in [0.717, 1.165) is 16.8 Å². The standard InChI is InChI=1S/C25H21N3O2/c1-18-17-22(29)24(27-28(18)21-15-9-4-10-16-21)25(30)26-23(19-11-5-2-6-12-19)20-13-7-3-8-14-20/h2-17,23H,1H3,(H,26,30). The molecule has 0 saturated carbocycles. The molecular formula is C25H21N3O2. The second kappa shape index (κ2) is 8.57. The summed E-state index contributed by atoms with van der Waals surface area (Å²) in [7, 11) is 0. The maximum Gasteiger partial charge on any atom is 0.276 e. The van der Waals surface area contributed by atoms with Gasteiger partial charge in [-0.1, -0.05) is 78.9 Å². The number of nitrogens with one attached hydrogen (secondary N) is 1. The van der Waals surface area contributed by atoms with Crippen LogP contribution in [0.2, 0.25) is 0 Å². The first-order valence-corrected chi connectivity index (χ1v) is 9.70. The molecule has 0 fully saturated rings. The first-order chi connectivity index (χ1) is 14.6. The van der Waals surface area contributed by atoms with E-state index in [1.807, 2.05) is 91.0 Å². The van der Waals surface area contributed by atoms with Crippen molar-refractivity contribution in [2.24, 2.45) is 0 Å². The van der Waals surface area contributed by atoms with Crippen LogP contribution in [0, 0.1) is 6.92 Å². The molecular weight excluding hydrogens is 374 g/mol. The molecule has 0 atom stereocenters. The normalized spacial score (nSPS) is 10.7. The molecule has 30 heavy (non-hydrogen) atoms. The summed E-state index contributed by atoms with van der Waals surface area (Å²) in [6.45, 7) is 1.79. The molecule has 3 aromatic carbocycles. The smallest absolute Gasteiger partial charge is 0.276 e. The largest absolute Gasteiger partial charge is 0.340 e. The van der Waals surface area contributed by atoms with Crippen LogP contribution in [-0.2, 0) is 0 Å². The van der Waals surface area contributed by atoms with E-state index in [9.17, 15) is 9.59 Å². The van der Waals surface area contributed by atoms with Crippen molar-refractivity contribution in [2.45, 2.75) is 13.0 Å². The van der Waals surface area contributed by atoms with Gasteiger partial charge in [0.15, 0.2) is 5.69 Å². The quantitative estimate of drug-likeness (QED) is 0.554. The van der Waals surface area contributed by atoms with Crippen molar-refractivity contribution in [3.63, 3.8) is 0 Å². The average Bonchev–Trinajstić information content (AvgIpc) is 2.79. The summed E-state index contributed by atoms with van der Waals surface area (Å²) in [5, 5.41) is 7.36. The molecule has 0 aliphatic heterocycles. The summed E-state index contributed by atoms with van der Waals surface area (Å²) in [4.78, 5) is 25.7. The van der Waals surface area contributed by atoms with Gasteiger partial charge in [0.2, 0.25) is 5.43 Å². The van der Waals surface area contributed by atoms with Crippen molar-refractivity contribution in [2.75, 3.05) is 0 Å². The summed E-state index contributed by atoms with van der Waals surface area (Å²) < 4.78 is 1.61. The van der Waals surface area contributed by atoms with Gasteiger partial charge in [0.1, 0.15) is 0 Å². The number of hydrogen-bond acceptors (Lipinski definition) is 3. The van der Waals surface area contributed by atoms with E-state index >= 15 is 0 Å². The lowest BCUT2D eigenvalue weighted by Crippen LogP contribution is -2.35. The van der Waals surface area contributed by atoms with Crippen molar-refractivity contribution in [3.8, 4) is 5.69 Å². The Hall–Kier alpha value is -3.99. The van der Waals surface area contributed by atoms with Gasteiger partial charge in [-0.05, 0) is 30.2 Å². The van der Waals surface area contributed by atoms with Gasteiger partial charge in [-0.25, -0.2) is 4.68 Å². The van der Waals surface area contributed by atoms with Crippen LogP contribution in [0.15, 0.2) is 102 Å². The number of amides is 1. The zero-order valence-electron chi connectivity index (χ0n) is 16.5. The molecule has 4 aromatic rings. The molecule has 0 bridgehead atoms. The fourth-order valence-electron chi connectivity index (χ4n) is 3.38. The van der Waals surface area contributed by atoms with Gasteiger partial charge < -0.3 is 5.32 Å². The Morgan fingerprint density at radius 3 is 1.87 bits per heavy atom. The molecule has 1 aromatic heterocycles. The van der Waals surface area contributed by atoms with Crippen molar-refractivity contribution in [3.05, 3.63) is 130 Å². The van der Waals surface area contributed by atoms with Crippen molar-refractivity contribution in [1.82, 2.24) is 15.1 Å². The van der Waals surface area contributed by atoms with Crippen molar-refractivity contribution >= 4 is 5.91 Å². The minimum absolute atomic E-state index is 0.138. The summed E-state index contributed by atoms with van der Waals surface area (Å²) in [6, 6.07) is 29.8. The first-order valence-electron chi connectivity index (χ1n) is 9.70. The van der Waals surface area contributed by atoms with Gasteiger partial charge in [-0.15, -0.1) is 0 Å². The predicted molar refractivity (Wildman–Crippen MR) is 117 cm³/mol. The highest BCUT2D eigenvalue weighted by atomic mass is 16.2. The molecule has 0 radical (unpaired) electrons. The Balaban J connectivity index is 1.72. The van der Waals surface area contributed by atoms with Crippen LogP contribution >= 0.6 is 0 Å². The van der Waals surface area contributed by atoms with Crippen molar-refractivity contribution < 1.29 is 4.79 Å². The number of nitrogens with zero attached hydrogens (tertiary/aromatic N) is 2. The minimum Gasteiger partial charge on any atom is -0.340 e. The van der Waals surface area contributed by atoms with E-state index in [1.165, 1.54) is 6.07 Å². The summed E-state index contributed by atoms with van der Waals surface area (Å²) in [5.74, 6) is -0.512. The monoisotopic (exact) mass is 395 g/mol. The fourth-order valence-corrected chi connectivity index (χ4v) is 3.38. The average molecular weight is 395 g/mol. The van der Waals surface area contributed by atoms with Crippen LogP contribution in [0.1, 0.15) is 33.4 Å². The molecule has 0 spiro atoms. The highest BCUT2D eigenvalue weighted by Gasteiger charge is 2.21. The molecule has 4 rings (SSSR count). The molecule has 0 aliphatic rings. The van der Waals surface area contributed by atoms with E-state index in [-0.39, 0.29) is 5.69 Å². The number of aryl methyl sites for hydroxylation is 1. The van der Waals surface area contributed by atoms with E-state index in [4.69, 9.17) is 0 Å². The first kappa shape index (κ1) is 19.3. The minimum atomic E-state index is -0.512. The van der Waals surface area contributed by atoms with E-state index < -0.39 is 17.4 Å². The number of para-hydroxylation sites is 1. The third-order valence-corrected chi connectivity index (χ3v) is 4.86. The molecule has 0 aliphatic carbocycles. The topological polar surface area (TPSA) is 64.0 Å². The van der Waals surface area contributed by atoms with Crippen LogP contribution < -0.4 is 10.7 Å². The van der Waals surface area contributed by atoms with Gasteiger partial charge in [-0.3, -0.25) is 9.59 Å². The molecule has 1 amide bonds. The van der Waals surface area contributed by atoms with E-state index in [0.29, 0.717) is 5.69 Å². The highest BCUT2D eigenvalue weighted by Crippen LogP contribution is 2.22. The lowest BCUT2D eigenvalue weighted by molar-refractivity contribution is 0.0935. The molecule has 0 saturated heterocycles. The zero-order valence-corrected chi connectivity index (χ0v) is 16.5. The van der Waals surface area contributed by atoms with Crippen molar-refractivity contribution in [1.29, 1.82) is 0 Å². The third kappa shape index (κ3) is 4.05. The molecule has 1 heterocycles. The number of hydrogen-bond donors (Lipinski definition) is 1. The molecule has 1 N–H and O–H groups in total. The Morgan fingerprint density at radius 2 is 1.33 bits per heavy atom. The lowest BCUT2D eigenvalue weighted by atomic mass is 9.98. The number of aromatic nitrogens is 2. The van der Waals surface area contributed by atoms with Gasteiger partial charge >= 0.3 is 0 Å². The molecule has 5 heteroatoms. The Morgan fingerprint density at radius 1 is 0.833 bits per heavy atom. The summed E-state index contributed by atoms with van der Waals surface area (Å²) >= 11 is 0. The number of rotatable bonds is 5. The number of carbonyl (C=O) groups is 1. The highest BCUT2D eigenvalue weighted by molar-refractivity contribution is 5.92. The molecule has 5 nitrogen and oxygen atoms in total. The predicted octanol–water partition coefficient (Wildman–Crippen LogP) is 4.06. The summed E-state index contributed by atoms with van der Waals surface area (Å²) in [5.41, 5.74) is 2.75. The SMILES string of the molecule is Cc1cc(=O)c(C(=O)NC(c2ccccc2)c2ccccc2)nn1-c1ccccc1. The van der Waals surface area contributed by atoms with Gasteiger partial charge in [-0.2, -0.15) is 5.10 Å². The Bertz CT molecular complexity index is 1160. The van der Waals surface area contributed by atoms with Crippen LogP contribution in [0.25, 0.3) is 5.69 Å². The van der Waals surface area contributed by atoms with Gasteiger partial charge in [0.05, 0.1) is 11.7 Å². The molecule has 0 unspecified atom stereocenters. The van der Waals surface area contributed by atoms with Crippen LogP contribution in [0.3, 0.4) is 0 Å². The second-order valence-corrected chi connectivity index (χ2v) is 6.97. The number of benzene rings is 3. The second-order valence-electron chi connectivity index (χ2n) is 6.97. The summed E-state index contributed by atoms with van der Waals surface area (Å²) in [6.07, 6.45) is 0. The Labute approximate surface area is 174 Å².